The average Bonchev–Trinajstić information content (AvgIpc) is 2.91. The van der Waals surface area contributed by atoms with Crippen LogP contribution in [0.15, 0.2) is 66.7 Å². The summed E-state index contributed by atoms with van der Waals surface area (Å²) in [6.45, 7) is 6.47. The predicted octanol–water partition coefficient (Wildman–Crippen LogP) is 6.30. The molecule has 0 saturated heterocycles. The summed E-state index contributed by atoms with van der Waals surface area (Å²) in [7, 11) is 0. The molecule has 0 aliphatic carbocycles. The molecule has 0 spiro atoms. The molecule has 7 nitrogen and oxygen atoms in total. The van der Waals surface area contributed by atoms with Gasteiger partial charge in [0.2, 0.25) is 0 Å². The SMILES string of the molecule is CCCCCCCOc1ccc(C(=O)Oc2ccc(CC(NC(=O)c3c(C)cccc3C)C(=O)O)cc2)cc1. The summed E-state index contributed by atoms with van der Waals surface area (Å²) in [6, 6.07) is 17.8. The highest BCUT2D eigenvalue weighted by molar-refractivity contribution is 5.99. The van der Waals surface area contributed by atoms with Gasteiger partial charge in [-0.3, -0.25) is 4.79 Å². The Kier molecular flexibility index (Phi) is 11.1. The number of unbranched alkanes of at least 4 members (excludes halogenated alkanes) is 4. The maximum atomic E-state index is 12.8. The first-order chi connectivity index (χ1) is 18.8. The molecule has 1 unspecified atom stereocenters. The number of ether oxygens (including phenoxy) is 2. The number of aliphatic carboxylic acids is 1. The van der Waals surface area contributed by atoms with Crippen LogP contribution in [0, 0.1) is 13.8 Å². The summed E-state index contributed by atoms with van der Waals surface area (Å²) in [5.74, 6) is -1.01. The Bertz CT molecular complexity index is 1230. The Morgan fingerprint density at radius 1 is 0.821 bits per heavy atom. The number of carbonyl (C=O) groups excluding carboxylic acids is 2. The van der Waals surface area contributed by atoms with Crippen molar-refractivity contribution in [1.82, 2.24) is 5.32 Å². The van der Waals surface area contributed by atoms with Gasteiger partial charge in [0.25, 0.3) is 5.91 Å². The van der Waals surface area contributed by atoms with Crippen LogP contribution in [0.25, 0.3) is 0 Å². The summed E-state index contributed by atoms with van der Waals surface area (Å²) in [4.78, 5) is 37.2. The predicted molar refractivity (Wildman–Crippen MR) is 151 cm³/mol. The number of esters is 1. The minimum atomic E-state index is -1.13. The van der Waals surface area contributed by atoms with E-state index in [9.17, 15) is 19.5 Å². The molecule has 0 aromatic heterocycles. The number of benzene rings is 3. The van der Waals surface area contributed by atoms with Crippen LogP contribution in [0.5, 0.6) is 11.5 Å². The van der Waals surface area contributed by atoms with Crippen LogP contribution in [0.1, 0.15) is 76.4 Å². The molecule has 0 bridgehead atoms. The summed E-state index contributed by atoms with van der Waals surface area (Å²) >= 11 is 0. The number of rotatable bonds is 14. The molecule has 1 atom stereocenters. The topological polar surface area (TPSA) is 102 Å². The molecule has 1 amide bonds. The van der Waals surface area contributed by atoms with Gasteiger partial charge in [0.05, 0.1) is 12.2 Å². The minimum Gasteiger partial charge on any atom is -0.494 e. The zero-order valence-electron chi connectivity index (χ0n) is 22.9. The van der Waals surface area contributed by atoms with E-state index in [1.165, 1.54) is 19.3 Å². The van der Waals surface area contributed by atoms with E-state index in [0.717, 1.165) is 24.0 Å². The Balaban J connectivity index is 1.53. The number of carbonyl (C=O) groups is 3. The van der Waals surface area contributed by atoms with E-state index in [1.54, 1.807) is 48.5 Å². The number of hydrogen-bond donors (Lipinski definition) is 2. The molecule has 0 heterocycles. The smallest absolute Gasteiger partial charge is 0.343 e. The first-order valence-electron chi connectivity index (χ1n) is 13.4. The average molecular weight is 532 g/mol. The lowest BCUT2D eigenvalue weighted by Crippen LogP contribution is -2.42. The van der Waals surface area contributed by atoms with Crippen LogP contribution in [-0.4, -0.2) is 35.6 Å². The quantitative estimate of drug-likeness (QED) is 0.144. The zero-order valence-corrected chi connectivity index (χ0v) is 22.9. The Labute approximate surface area is 230 Å². The van der Waals surface area contributed by atoms with Gasteiger partial charge in [-0.25, -0.2) is 9.59 Å². The van der Waals surface area contributed by atoms with Gasteiger partial charge in [-0.05, 0) is 73.4 Å². The van der Waals surface area contributed by atoms with E-state index < -0.39 is 23.9 Å². The van der Waals surface area contributed by atoms with Gasteiger partial charge in [0.15, 0.2) is 0 Å². The van der Waals surface area contributed by atoms with E-state index in [1.807, 2.05) is 32.0 Å². The molecular formula is C32H37NO6. The van der Waals surface area contributed by atoms with Crippen molar-refractivity contribution in [2.75, 3.05) is 6.61 Å². The normalized spacial score (nSPS) is 11.5. The Hall–Kier alpha value is -4.13. The number of aryl methyl sites for hydroxylation is 2. The summed E-state index contributed by atoms with van der Waals surface area (Å²) in [6.07, 6.45) is 5.91. The van der Waals surface area contributed by atoms with Crippen molar-refractivity contribution in [2.45, 2.75) is 65.3 Å². The van der Waals surface area contributed by atoms with Crippen molar-refractivity contribution in [3.8, 4) is 11.5 Å². The van der Waals surface area contributed by atoms with Gasteiger partial charge in [-0.15, -0.1) is 0 Å². The third kappa shape index (κ3) is 8.99. The molecule has 0 radical (unpaired) electrons. The number of nitrogens with one attached hydrogen (secondary N) is 1. The highest BCUT2D eigenvalue weighted by Crippen LogP contribution is 2.19. The van der Waals surface area contributed by atoms with Gasteiger partial charge in [0, 0.05) is 12.0 Å². The molecule has 2 N–H and O–H groups in total. The molecular weight excluding hydrogens is 494 g/mol. The second kappa shape index (κ2) is 14.7. The largest absolute Gasteiger partial charge is 0.494 e. The summed E-state index contributed by atoms with van der Waals surface area (Å²) in [5, 5.41) is 12.3. The first-order valence-corrected chi connectivity index (χ1v) is 13.4. The van der Waals surface area contributed by atoms with Crippen molar-refractivity contribution < 1.29 is 29.0 Å². The van der Waals surface area contributed by atoms with E-state index in [4.69, 9.17) is 9.47 Å². The lowest BCUT2D eigenvalue weighted by Gasteiger charge is -2.17. The van der Waals surface area contributed by atoms with Crippen molar-refractivity contribution >= 4 is 17.8 Å². The van der Waals surface area contributed by atoms with Gasteiger partial charge in [-0.2, -0.15) is 0 Å². The van der Waals surface area contributed by atoms with E-state index >= 15 is 0 Å². The molecule has 0 aliphatic heterocycles. The van der Waals surface area contributed by atoms with Crippen molar-refractivity contribution in [1.29, 1.82) is 0 Å². The molecule has 0 aliphatic rings. The second-order valence-corrected chi connectivity index (χ2v) is 9.66. The molecule has 0 fully saturated rings. The second-order valence-electron chi connectivity index (χ2n) is 9.66. The lowest BCUT2D eigenvalue weighted by atomic mass is 10.0. The monoisotopic (exact) mass is 531 g/mol. The van der Waals surface area contributed by atoms with Gasteiger partial charge >= 0.3 is 11.9 Å². The third-order valence-corrected chi connectivity index (χ3v) is 6.49. The van der Waals surface area contributed by atoms with Gasteiger partial charge in [-0.1, -0.05) is 62.9 Å². The lowest BCUT2D eigenvalue weighted by molar-refractivity contribution is -0.139. The molecule has 3 aromatic carbocycles. The van der Waals surface area contributed by atoms with E-state index in [0.29, 0.717) is 34.8 Å². The zero-order chi connectivity index (χ0) is 28.2. The van der Waals surface area contributed by atoms with Crippen molar-refractivity contribution in [3.63, 3.8) is 0 Å². The fourth-order valence-electron chi connectivity index (χ4n) is 4.28. The Morgan fingerprint density at radius 2 is 1.44 bits per heavy atom. The third-order valence-electron chi connectivity index (χ3n) is 6.49. The molecule has 3 aromatic rings. The van der Waals surface area contributed by atoms with Crippen LogP contribution < -0.4 is 14.8 Å². The molecule has 3 rings (SSSR count). The molecule has 39 heavy (non-hydrogen) atoms. The van der Waals surface area contributed by atoms with Crippen LogP contribution in [0.4, 0.5) is 0 Å². The molecule has 0 saturated carbocycles. The molecule has 7 heteroatoms. The van der Waals surface area contributed by atoms with Crippen LogP contribution >= 0.6 is 0 Å². The maximum Gasteiger partial charge on any atom is 0.343 e. The summed E-state index contributed by atoms with van der Waals surface area (Å²) in [5.41, 5.74) is 3.12. The number of hydrogen-bond acceptors (Lipinski definition) is 5. The number of carboxylic acid groups (broad SMARTS) is 1. The van der Waals surface area contributed by atoms with Crippen molar-refractivity contribution in [3.05, 3.63) is 94.5 Å². The van der Waals surface area contributed by atoms with Gasteiger partial charge in [0.1, 0.15) is 17.5 Å². The fourth-order valence-corrected chi connectivity index (χ4v) is 4.28. The standard InChI is InChI=1S/C32H37NO6/c1-4-5-6-7-8-20-38-26-18-14-25(15-19-26)32(37)39-27-16-12-24(13-17-27)21-28(31(35)36)33-30(34)29-22(2)10-9-11-23(29)3/h9-19,28H,4-8,20-21H2,1-3H3,(H,33,34)(H,35,36). The first kappa shape index (κ1) is 29.4. The van der Waals surface area contributed by atoms with Crippen LogP contribution in [-0.2, 0) is 11.2 Å². The van der Waals surface area contributed by atoms with E-state index in [-0.39, 0.29) is 6.42 Å². The molecule has 206 valence electrons. The van der Waals surface area contributed by atoms with Crippen molar-refractivity contribution in [2.24, 2.45) is 0 Å². The van der Waals surface area contributed by atoms with Gasteiger partial charge < -0.3 is 19.9 Å². The summed E-state index contributed by atoms with van der Waals surface area (Å²) < 4.78 is 11.2. The number of carboxylic acids is 1. The number of amides is 1. The van der Waals surface area contributed by atoms with Crippen LogP contribution in [0.3, 0.4) is 0 Å². The van der Waals surface area contributed by atoms with Crippen LogP contribution in [0.2, 0.25) is 0 Å². The maximum absolute atomic E-state index is 12.8. The fraction of sp³-hybridized carbons (Fsp3) is 0.344. The highest BCUT2D eigenvalue weighted by Gasteiger charge is 2.23. The van der Waals surface area contributed by atoms with E-state index in [2.05, 4.69) is 12.2 Å². The Morgan fingerprint density at radius 3 is 2.05 bits per heavy atom. The minimum absolute atomic E-state index is 0.0836. The highest BCUT2D eigenvalue weighted by atomic mass is 16.5.